The first-order valence-electron chi connectivity index (χ1n) is 6.87. The summed E-state index contributed by atoms with van der Waals surface area (Å²) in [5.74, 6) is 0.307. The number of aromatic nitrogens is 2. The summed E-state index contributed by atoms with van der Waals surface area (Å²) in [5.41, 5.74) is 2.72. The molecule has 1 aliphatic heterocycles. The SMILES string of the molecule is O=C1C[C@H](c2ccsc2)c2ncn(-c3ccc(F)cc3)c2N1. The van der Waals surface area contributed by atoms with Crippen molar-refractivity contribution in [2.24, 2.45) is 0 Å². The number of benzene rings is 1. The standard InChI is InChI=1S/C16H12FN3OS/c17-11-1-3-12(4-2-11)20-9-18-15-13(10-5-6-22-8-10)7-14(21)19-16(15)20/h1-6,8-9,13H,7H2,(H,19,21)/t13-/m1/s1. The number of carbonyl (C=O) groups is 1. The highest BCUT2D eigenvalue weighted by atomic mass is 32.1. The third kappa shape index (κ3) is 2.12. The number of amides is 1. The molecule has 3 aromatic rings. The van der Waals surface area contributed by atoms with Crippen molar-refractivity contribution in [2.45, 2.75) is 12.3 Å². The molecular formula is C16H12FN3OS. The van der Waals surface area contributed by atoms with Crippen molar-refractivity contribution in [3.8, 4) is 5.69 Å². The number of carbonyl (C=O) groups excluding carboxylic acids is 1. The van der Waals surface area contributed by atoms with Gasteiger partial charge >= 0.3 is 0 Å². The summed E-state index contributed by atoms with van der Waals surface area (Å²) in [4.78, 5) is 16.5. The summed E-state index contributed by atoms with van der Waals surface area (Å²) >= 11 is 1.61. The molecule has 6 heteroatoms. The molecule has 1 aliphatic rings. The van der Waals surface area contributed by atoms with Crippen molar-refractivity contribution >= 4 is 23.1 Å². The predicted octanol–water partition coefficient (Wildman–Crippen LogP) is 3.55. The minimum Gasteiger partial charge on any atom is -0.310 e. The third-order valence-electron chi connectivity index (χ3n) is 3.82. The molecular weight excluding hydrogens is 301 g/mol. The maximum atomic E-state index is 13.1. The summed E-state index contributed by atoms with van der Waals surface area (Å²) < 4.78 is 14.9. The second-order valence-corrected chi connectivity index (χ2v) is 5.97. The van der Waals surface area contributed by atoms with E-state index in [0.29, 0.717) is 12.2 Å². The Bertz CT molecular complexity index is 824. The zero-order valence-electron chi connectivity index (χ0n) is 11.5. The van der Waals surface area contributed by atoms with Crippen molar-refractivity contribution in [3.63, 3.8) is 0 Å². The van der Waals surface area contributed by atoms with Gasteiger partial charge < -0.3 is 5.32 Å². The number of nitrogens with one attached hydrogen (secondary N) is 1. The van der Waals surface area contributed by atoms with Crippen molar-refractivity contribution in [1.29, 1.82) is 0 Å². The highest BCUT2D eigenvalue weighted by Crippen LogP contribution is 2.37. The van der Waals surface area contributed by atoms with Crippen LogP contribution in [0.2, 0.25) is 0 Å². The van der Waals surface area contributed by atoms with E-state index >= 15 is 0 Å². The van der Waals surface area contributed by atoms with Gasteiger partial charge in [0.1, 0.15) is 18.0 Å². The largest absolute Gasteiger partial charge is 0.310 e. The van der Waals surface area contributed by atoms with E-state index in [2.05, 4.69) is 10.3 Å². The summed E-state index contributed by atoms with van der Waals surface area (Å²) in [5, 5.41) is 6.93. The second kappa shape index (κ2) is 5.06. The summed E-state index contributed by atoms with van der Waals surface area (Å²) in [6.07, 6.45) is 2.06. The Labute approximate surface area is 130 Å². The van der Waals surface area contributed by atoms with Crippen LogP contribution in [0.25, 0.3) is 5.69 Å². The second-order valence-electron chi connectivity index (χ2n) is 5.19. The molecule has 2 aromatic heterocycles. The van der Waals surface area contributed by atoms with Gasteiger partial charge in [-0.1, -0.05) is 0 Å². The summed E-state index contributed by atoms with van der Waals surface area (Å²) in [6, 6.07) is 8.13. The Morgan fingerprint density at radius 3 is 2.82 bits per heavy atom. The maximum Gasteiger partial charge on any atom is 0.226 e. The number of imidazole rings is 1. The lowest BCUT2D eigenvalue weighted by molar-refractivity contribution is -0.116. The van der Waals surface area contributed by atoms with E-state index in [1.165, 1.54) is 12.1 Å². The smallest absolute Gasteiger partial charge is 0.226 e. The number of halogens is 1. The van der Waals surface area contributed by atoms with Gasteiger partial charge in [0, 0.05) is 18.0 Å². The van der Waals surface area contributed by atoms with E-state index in [-0.39, 0.29) is 17.6 Å². The molecule has 0 saturated carbocycles. The van der Waals surface area contributed by atoms with E-state index in [4.69, 9.17) is 0 Å². The normalized spacial score (nSPS) is 17.1. The quantitative estimate of drug-likeness (QED) is 0.786. The van der Waals surface area contributed by atoms with Gasteiger partial charge in [0.2, 0.25) is 5.91 Å². The fourth-order valence-electron chi connectivity index (χ4n) is 2.75. The minimum atomic E-state index is -0.294. The highest BCUT2D eigenvalue weighted by molar-refractivity contribution is 7.08. The molecule has 0 spiro atoms. The average molecular weight is 313 g/mol. The lowest BCUT2D eigenvalue weighted by Gasteiger charge is -2.22. The molecule has 0 radical (unpaired) electrons. The monoisotopic (exact) mass is 313 g/mol. The molecule has 0 aliphatic carbocycles. The minimum absolute atomic E-state index is 0.0308. The Morgan fingerprint density at radius 2 is 2.09 bits per heavy atom. The molecule has 0 bridgehead atoms. The maximum absolute atomic E-state index is 13.1. The van der Waals surface area contributed by atoms with Crippen LogP contribution in [0.5, 0.6) is 0 Å². The van der Waals surface area contributed by atoms with Crippen LogP contribution >= 0.6 is 11.3 Å². The number of hydrogen-bond donors (Lipinski definition) is 1. The first kappa shape index (κ1) is 13.2. The van der Waals surface area contributed by atoms with E-state index in [0.717, 1.165) is 16.9 Å². The van der Waals surface area contributed by atoms with Crippen LogP contribution in [0, 0.1) is 5.82 Å². The van der Waals surface area contributed by atoms with Crippen LogP contribution in [-0.2, 0) is 4.79 Å². The first-order valence-corrected chi connectivity index (χ1v) is 7.82. The topological polar surface area (TPSA) is 46.9 Å². The number of hydrogen-bond acceptors (Lipinski definition) is 3. The number of rotatable bonds is 2. The zero-order valence-corrected chi connectivity index (χ0v) is 12.3. The molecule has 0 unspecified atom stereocenters. The van der Waals surface area contributed by atoms with E-state index in [9.17, 15) is 9.18 Å². The lowest BCUT2D eigenvalue weighted by atomic mass is 9.92. The fraction of sp³-hybridized carbons (Fsp3) is 0.125. The van der Waals surface area contributed by atoms with Crippen molar-refractivity contribution < 1.29 is 9.18 Å². The fourth-order valence-corrected chi connectivity index (χ4v) is 3.47. The number of thiophene rings is 1. The molecule has 1 atom stereocenters. The molecule has 1 N–H and O–H groups in total. The van der Waals surface area contributed by atoms with E-state index in [1.807, 2.05) is 16.8 Å². The zero-order chi connectivity index (χ0) is 15.1. The Balaban J connectivity index is 1.82. The Kier molecular flexibility index (Phi) is 3.04. The van der Waals surface area contributed by atoms with Gasteiger partial charge in [-0.05, 0) is 46.7 Å². The van der Waals surface area contributed by atoms with Crippen LogP contribution < -0.4 is 5.32 Å². The van der Waals surface area contributed by atoms with Crippen LogP contribution in [-0.4, -0.2) is 15.5 Å². The van der Waals surface area contributed by atoms with Gasteiger partial charge in [0.15, 0.2) is 0 Å². The van der Waals surface area contributed by atoms with Crippen LogP contribution in [0.15, 0.2) is 47.4 Å². The highest BCUT2D eigenvalue weighted by Gasteiger charge is 2.31. The molecule has 0 saturated heterocycles. The average Bonchev–Trinajstić information content (AvgIpc) is 3.16. The van der Waals surface area contributed by atoms with Gasteiger partial charge in [0.25, 0.3) is 0 Å². The Morgan fingerprint density at radius 1 is 1.27 bits per heavy atom. The van der Waals surface area contributed by atoms with Crippen molar-refractivity contribution in [3.05, 3.63) is 64.5 Å². The van der Waals surface area contributed by atoms with Gasteiger partial charge in [-0.25, -0.2) is 9.37 Å². The van der Waals surface area contributed by atoms with Crippen LogP contribution in [0.4, 0.5) is 10.2 Å². The van der Waals surface area contributed by atoms with Crippen molar-refractivity contribution in [2.75, 3.05) is 5.32 Å². The molecule has 4 nitrogen and oxygen atoms in total. The van der Waals surface area contributed by atoms with Crippen LogP contribution in [0.1, 0.15) is 23.6 Å². The van der Waals surface area contributed by atoms with Gasteiger partial charge in [-0.3, -0.25) is 9.36 Å². The van der Waals surface area contributed by atoms with E-state index < -0.39 is 0 Å². The predicted molar refractivity (Wildman–Crippen MR) is 82.9 cm³/mol. The molecule has 22 heavy (non-hydrogen) atoms. The molecule has 0 fully saturated rings. The number of fused-ring (bicyclic) bond motifs is 1. The first-order chi connectivity index (χ1) is 10.7. The number of nitrogens with zero attached hydrogens (tertiary/aromatic N) is 2. The summed E-state index contributed by atoms with van der Waals surface area (Å²) in [6.45, 7) is 0. The Hall–Kier alpha value is -2.47. The molecule has 3 heterocycles. The van der Waals surface area contributed by atoms with Crippen LogP contribution in [0.3, 0.4) is 0 Å². The van der Waals surface area contributed by atoms with Crippen molar-refractivity contribution in [1.82, 2.24) is 9.55 Å². The molecule has 1 amide bonds. The van der Waals surface area contributed by atoms with Gasteiger partial charge in [-0.15, -0.1) is 0 Å². The number of anilines is 1. The molecule has 4 rings (SSSR count). The molecule has 110 valence electrons. The van der Waals surface area contributed by atoms with Gasteiger partial charge in [-0.2, -0.15) is 11.3 Å². The summed E-state index contributed by atoms with van der Waals surface area (Å²) in [7, 11) is 0. The lowest BCUT2D eigenvalue weighted by Crippen LogP contribution is -2.24. The van der Waals surface area contributed by atoms with Gasteiger partial charge in [0.05, 0.1) is 5.69 Å². The van der Waals surface area contributed by atoms with E-state index in [1.54, 1.807) is 34.4 Å². The molecule has 1 aromatic carbocycles. The third-order valence-corrected chi connectivity index (χ3v) is 4.53.